The number of phenols is 1. The van der Waals surface area contributed by atoms with Crippen molar-refractivity contribution in [2.45, 2.75) is 71.5 Å². The topological polar surface area (TPSA) is 140 Å². The van der Waals surface area contributed by atoms with E-state index in [9.17, 15) is 15.2 Å². The number of hydrogen-bond acceptors (Lipinski definition) is 9. The average molecular weight is 1010 g/mol. The zero-order chi connectivity index (χ0) is 52.1. The number of anilines is 2. The van der Waals surface area contributed by atoms with Crippen molar-refractivity contribution in [1.82, 2.24) is 28.7 Å². The molecule has 2 saturated heterocycles. The molecule has 3 fully saturated rings. The van der Waals surface area contributed by atoms with Crippen LogP contribution in [0.3, 0.4) is 0 Å². The van der Waals surface area contributed by atoms with Gasteiger partial charge in [0.2, 0.25) is 5.91 Å². The second-order valence-electron chi connectivity index (χ2n) is 21.4. The summed E-state index contributed by atoms with van der Waals surface area (Å²) < 4.78 is 30.7. The summed E-state index contributed by atoms with van der Waals surface area (Å²) in [6.45, 7) is 11.9. The van der Waals surface area contributed by atoms with Crippen LogP contribution < -0.4 is 9.64 Å². The van der Waals surface area contributed by atoms with Crippen LogP contribution in [0.4, 0.5) is 15.8 Å². The van der Waals surface area contributed by atoms with Crippen LogP contribution in [0, 0.1) is 36.4 Å². The summed E-state index contributed by atoms with van der Waals surface area (Å²) in [5.41, 5.74) is 10.0. The zero-order valence-corrected chi connectivity index (χ0v) is 43.4. The third kappa shape index (κ3) is 9.95. The number of aromatic hydroxyl groups is 1. The van der Waals surface area contributed by atoms with Gasteiger partial charge in [0.25, 0.3) is 11.8 Å². The van der Waals surface area contributed by atoms with Gasteiger partial charge in [-0.3, -0.25) is 24.2 Å². The van der Waals surface area contributed by atoms with Gasteiger partial charge >= 0.3 is 0 Å². The van der Waals surface area contributed by atoms with E-state index in [2.05, 4.69) is 45.0 Å². The van der Waals surface area contributed by atoms with Crippen molar-refractivity contribution in [1.29, 1.82) is 5.26 Å². The highest BCUT2D eigenvalue weighted by molar-refractivity contribution is 6.13. The number of morpholine rings is 1. The van der Waals surface area contributed by atoms with E-state index in [0.29, 0.717) is 113 Å². The maximum absolute atomic E-state index is 15.9. The number of carbonyl (C=O) groups is 3. The first-order valence-electron chi connectivity index (χ1n) is 26.4. The number of halogens is 1. The highest BCUT2D eigenvalue weighted by atomic mass is 19.1. The van der Waals surface area contributed by atoms with Gasteiger partial charge in [-0.25, -0.2) is 4.39 Å². The van der Waals surface area contributed by atoms with Crippen molar-refractivity contribution in [3.8, 4) is 28.8 Å². The molecule has 388 valence electrons. The van der Waals surface area contributed by atoms with Gasteiger partial charge in [0.15, 0.2) is 0 Å². The van der Waals surface area contributed by atoms with Crippen molar-refractivity contribution < 1.29 is 33.4 Å². The normalized spacial score (nSPS) is 18.2. The largest absolute Gasteiger partial charge is 0.508 e. The number of nitriles is 1. The predicted octanol–water partition coefficient (Wildman–Crippen LogP) is 8.23. The maximum Gasteiger partial charge on any atom is 0.264 e. The van der Waals surface area contributed by atoms with E-state index in [1.807, 2.05) is 43.7 Å². The number of ether oxygens (including phenoxy) is 2. The number of hydrogen-bond donors (Lipinski definition) is 1. The van der Waals surface area contributed by atoms with Crippen molar-refractivity contribution in [2.24, 2.45) is 19.5 Å². The van der Waals surface area contributed by atoms with Gasteiger partial charge in [-0.05, 0) is 140 Å². The monoisotopic (exact) mass is 1010 g/mol. The van der Waals surface area contributed by atoms with Gasteiger partial charge in [0, 0.05) is 112 Å². The van der Waals surface area contributed by atoms with Gasteiger partial charge in [0.05, 0.1) is 30.9 Å². The van der Waals surface area contributed by atoms with Crippen LogP contribution in [0.5, 0.6) is 11.5 Å². The lowest BCUT2D eigenvalue weighted by Gasteiger charge is -2.39. The Balaban J connectivity index is 0.932. The van der Waals surface area contributed by atoms with E-state index in [4.69, 9.17) is 9.47 Å². The second kappa shape index (κ2) is 20.5. The van der Waals surface area contributed by atoms with Crippen LogP contribution in [0.15, 0.2) is 91.0 Å². The van der Waals surface area contributed by atoms with Crippen molar-refractivity contribution >= 4 is 29.1 Å². The Labute approximate surface area is 438 Å². The molecule has 5 aliphatic rings. The van der Waals surface area contributed by atoms with Crippen molar-refractivity contribution in [3.05, 3.63) is 153 Å². The first-order valence-corrected chi connectivity index (χ1v) is 26.4. The Hall–Kier alpha value is -7.25. The maximum atomic E-state index is 15.9. The van der Waals surface area contributed by atoms with E-state index in [0.717, 1.165) is 55.8 Å². The van der Waals surface area contributed by atoms with Gasteiger partial charge in [-0.1, -0.05) is 30.3 Å². The SMILES string of the molecule is Cc1c(N(C(=O)c2cc(-c3cc4c(cc3C(=O)N3Cc5ccccc5C[C@H]3CN3CCC5(CC5)C3)CN(C(=O)Cc3ccc(OCCN5CCOCC5)cc3F)CC4)n(C)c2C)c2ccc(O)cc2)cc(C#N)n1C. The van der Waals surface area contributed by atoms with E-state index in [1.54, 1.807) is 51.7 Å². The van der Waals surface area contributed by atoms with Gasteiger partial charge < -0.3 is 38.4 Å². The molecule has 14 nitrogen and oxygen atoms in total. The number of likely N-dealkylation sites (tertiary alicyclic amines) is 1. The molecule has 2 aromatic heterocycles. The Morgan fingerprint density at radius 3 is 2.32 bits per heavy atom. The second-order valence-corrected chi connectivity index (χ2v) is 21.4. The molecule has 15 heteroatoms. The molecule has 4 aromatic carbocycles. The molecule has 1 atom stereocenters. The first-order chi connectivity index (χ1) is 36.3. The van der Waals surface area contributed by atoms with Crippen molar-refractivity contribution in [3.63, 3.8) is 0 Å². The Kier molecular flexibility index (Phi) is 13.6. The lowest BCUT2D eigenvalue weighted by molar-refractivity contribution is -0.131. The molecule has 1 aliphatic carbocycles. The summed E-state index contributed by atoms with van der Waals surface area (Å²) in [5.74, 6) is -0.688. The first kappa shape index (κ1) is 49.9. The molecule has 0 radical (unpaired) electrons. The van der Waals surface area contributed by atoms with E-state index in [1.165, 1.54) is 43.0 Å². The van der Waals surface area contributed by atoms with Crippen molar-refractivity contribution in [2.75, 3.05) is 70.5 Å². The minimum Gasteiger partial charge on any atom is -0.508 e. The third-order valence-corrected chi connectivity index (χ3v) is 16.9. The summed E-state index contributed by atoms with van der Waals surface area (Å²) in [7, 11) is 3.70. The molecule has 6 heterocycles. The highest BCUT2D eigenvalue weighted by Crippen LogP contribution is 2.53. The summed E-state index contributed by atoms with van der Waals surface area (Å²) in [6.07, 6.45) is 4.85. The molecule has 0 bridgehead atoms. The summed E-state index contributed by atoms with van der Waals surface area (Å²) >= 11 is 0. The molecule has 6 aromatic rings. The molecule has 75 heavy (non-hydrogen) atoms. The number of amides is 3. The highest BCUT2D eigenvalue weighted by Gasteiger charge is 2.48. The fraction of sp³-hybridized carbons (Fsp3) is 0.400. The molecular formula is C60H65FN8O6. The van der Waals surface area contributed by atoms with Gasteiger partial charge in [-0.2, -0.15) is 5.26 Å². The lowest BCUT2D eigenvalue weighted by atomic mass is 9.89. The summed E-state index contributed by atoms with van der Waals surface area (Å²) in [4.78, 5) is 55.4. The van der Waals surface area contributed by atoms with E-state index in [-0.39, 0.29) is 42.5 Å². The van der Waals surface area contributed by atoms with Crippen LogP contribution in [-0.4, -0.2) is 123 Å². The minimum absolute atomic E-state index is 0.0519. The van der Waals surface area contributed by atoms with E-state index >= 15 is 14.0 Å². The number of nitrogens with zero attached hydrogens (tertiary/aromatic N) is 8. The third-order valence-electron chi connectivity index (χ3n) is 16.9. The Morgan fingerprint density at radius 2 is 1.60 bits per heavy atom. The van der Waals surface area contributed by atoms with Crippen LogP contribution >= 0.6 is 0 Å². The molecule has 0 unspecified atom stereocenters. The Bertz CT molecular complexity index is 3240. The fourth-order valence-electron chi connectivity index (χ4n) is 11.9. The fourth-order valence-corrected chi connectivity index (χ4v) is 11.9. The predicted molar refractivity (Wildman–Crippen MR) is 284 cm³/mol. The van der Waals surface area contributed by atoms with Crippen LogP contribution in [0.2, 0.25) is 0 Å². The zero-order valence-electron chi connectivity index (χ0n) is 43.4. The molecule has 3 amide bonds. The smallest absolute Gasteiger partial charge is 0.264 e. The lowest BCUT2D eigenvalue weighted by Crippen LogP contribution is -2.50. The summed E-state index contributed by atoms with van der Waals surface area (Å²) in [5, 5.41) is 20.3. The number of aromatic nitrogens is 2. The van der Waals surface area contributed by atoms with Crippen LogP contribution in [0.1, 0.15) is 84.9 Å². The number of fused-ring (bicyclic) bond motifs is 2. The summed E-state index contributed by atoms with van der Waals surface area (Å²) in [6, 6.07) is 29.3. The molecule has 4 aliphatic heterocycles. The molecule has 1 saturated carbocycles. The number of carbonyl (C=O) groups excluding carboxylic acids is 3. The Morgan fingerprint density at radius 1 is 0.827 bits per heavy atom. The van der Waals surface area contributed by atoms with Gasteiger partial charge in [-0.15, -0.1) is 0 Å². The quantitative estimate of drug-likeness (QED) is 0.121. The van der Waals surface area contributed by atoms with Crippen LogP contribution in [0.25, 0.3) is 11.3 Å². The van der Waals surface area contributed by atoms with E-state index < -0.39 is 5.82 Å². The molecule has 1 N–H and O–H groups in total. The minimum atomic E-state index is -0.492. The molecule has 11 rings (SSSR count). The number of benzene rings is 4. The van der Waals surface area contributed by atoms with Crippen LogP contribution in [-0.2, 0) is 56.0 Å². The molecular weight excluding hydrogens is 948 g/mol. The standard InChI is InChI=1S/C60H65FN8O6/c1-39-51(59(73)69(46-10-12-49(70)13-11-46)55-31-47(34-62)63(3)40(55)2)33-56(64(39)4)52-28-42-15-19-67(57(71)30-43-9-14-50(32-54(43)61)75-26-23-65-21-24-74-25-22-65)35-45(42)29-53(52)58(72)68-36-44-8-6-5-7-41(44)27-48(68)37-66-20-18-60(38-66)16-17-60/h5-14,28-29,31-33,48,70H,15-27,30,35-38H2,1-4H3/t48-/m0/s1. The number of rotatable bonds is 13. The average Bonchev–Trinajstić information content (AvgIpc) is 3.85. The number of phenolic OH excluding ortho intramolecular Hbond substituents is 1. The molecule has 1 spiro atoms. The van der Waals surface area contributed by atoms with Gasteiger partial charge in [0.1, 0.15) is 35.7 Å².